The van der Waals surface area contributed by atoms with Crippen molar-refractivity contribution in [3.8, 4) is 23.0 Å². The Morgan fingerprint density at radius 3 is 2.25 bits per heavy atom. The van der Waals surface area contributed by atoms with Gasteiger partial charge in [-0.3, -0.25) is 0 Å². The van der Waals surface area contributed by atoms with Gasteiger partial charge in [0.15, 0.2) is 0 Å². The van der Waals surface area contributed by atoms with Crippen LogP contribution < -0.4 is 4.74 Å². The number of aliphatic hydroxyl groups excluding tert-OH is 1. The third kappa shape index (κ3) is 3.55. The lowest BCUT2D eigenvalue weighted by atomic mass is 10.0. The van der Waals surface area contributed by atoms with Gasteiger partial charge in [-0.25, -0.2) is 0 Å². The second-order valence-electron chi connectivity index (χ2n) is 4.45. The summed E-state index contributed by atoms with van der Waals surface area (Å²) in [7, 11) is 0. The first-order valence-corrected chi connectivity index (χ1v) is 6.16. The quantitative estimate of drug-likeness (QED) is 0.589. The summed E-state index contributed by atoms with van der Waals surface area (Å²) in [5.41, 5.74) is 0.552. The summed E-state index contributed by atoms with van der Waals surface area (Å²) in [5.74, 6) is 0.701. The van der Waals surface area contributed by atoms with Gasteiger partial charge in [-0.05, 0) is 12.1 Å². The van der Waals surface area contributed by atoms with Gasteiger partial charge in [-0.1, -0.05) is 18.2 Å². The van der Waals surface area contributed by atoms with E-state index >= 15 is 0 Å². The van der Waals surface area contributed by atoms with Crippen LogP contribution in [0, 0.1) is 0 Å². The van der Waals surface area contributed by atoms with Crippen LogP contribution in [0.25, 0.3) is 0 Å². The molecule has 0 amide bonds. The summed E-state index contributed by atoms with van der Waals surface area (Å²) in [4.78, 5) is 0. The third-order valence-electron chi connectivity index (χ3n) is 2.80. The van der Waals surface area contributed by atoms with Crippen LogP contribution in [0.15, 0.2) is 42.5 Å². The SMILES string of the molecule is Oc1cc(O)c2c(c1)OCC(O)C2.Oc1ccccc1. The highest BCUT2D eigenvalue weighted by molar-refractivity contribution is 5.50. The van der Waals surface area contributed by atoms with Gasteiger partial charge in [0.25, 0.3) is 0 Å². The van der Waals surface area contributed by atoms with Gasteiger partial charge in [0.2, 0.25) is 0 Å². The van der Waals surface area contributed by atoms with E-state index in [1.54, 1.807) is 24.3 Å². The molecule has 5 heteroatoms. The van der Waals surface area contributed by atoms with Crippen LogP contribution in [-0.2, 0) is 6.42 Å². The minimum atomic E-state index is -0.581. The maximum absolute atomic E-state index is 9.40. The minimum absolute atomic E-state index is 0.0336. The van der Waals surface area contributed by atoms with Gasteiger partial charge in [-0.2, -0.15) is 0 Å². The van der Waals surface area contributed by atoms with E-state index in [0.717, 1.165) is 0 Å². The topological polar surface area (TPSA) is 90.2 Å². The first kappa shape index (κ1) is 14.0. The highest BCUT2D eigenvalue weighted by Crippen LogP contribution is 2.35. The highest BCUT2D eigenvalue weighted by Gasteiger charge is 2.21. The summed E-state index contributed by atoms with van der Waals surface area (Å²) in [6.07, 6.45) is -0.218. The van der Waals surface area contributed by atoms with Crippen molar-refractivity contribution in [1.29, 1.82) is 0 Å². The molecular weight excluding hydrogens is 260 g/mol. The van der Waals surface area contributed by atoms with Crippen LogP contribution in [0.4, 0.5) is 0 Å². The van der Waals surface area contributed by atoms with Gasteiger partial charge in [0.05, 0.1) is 6.10 Å². The minimum Gasteiger partial charge on any atom is -0.508 e. The zero-order valence-corrected chi connectivity index (χ0v) is 10.7. The zero-order chi connectivity index (χ0) is 14.5. The van der Waals surface area contributed by atoms with Crippen LogP contribution >= 0.6 is 0 Å². The number of hydrogen-bond acceptors (Lipinski definition) is 5. The second-order valence-corrected chi connectivity index (χ2v) is 4.45. The highest BCUT2D eigenvalue weighted by atomic mass is 16.5. The fourth-order valence-corrected chi connectivity index (χ4v) is 1.86. The lowest BCUT2D eigenvalue weighted by Gasteiger charge is -2.22. The molecule has 4 N–H and O–H groups in total. The number of rotatable bonds is 0. The van der Waals surface area contributed by atoms with E-state index in [1.165, 1.54) is 12.1 Å². The molecule has 0 aliphatic carbocycles. The van der Waals surface area contributed by atoms with Gasteiger partial charge in [0, 0.05) is 24.1 Å². The molecular formula is C15H16O5. The second kappa shape index (κ2) is 6.16. The standard InChI is InChI=1S/C9H10O4.C6H6O/c10-5-2-8(12)7-1-6(11)4-13-9(7)3-5;7-6-4-2-1-3-5-6/h2-3,6,10-12H,1,4H2;1-5,7H. The fraction of sp³-hybridized carbons (Fsp3) is 0.200. The average molecular weight is 276 g/mol. The first-order valence-electron chi connectivity index (χ1n) is 6.16. The van der Waals surface area contributed by atoms with E-state index in [9.17, 15) is 10.2 Å². The summed E-state index contributed by atoms with van der Waals surface area (Å²) in [5, 5.41) is 36.4. The number of benzene rings is 2. The smallest absolute Gasteiger partial charge is 0.130 e. The van der Waals surface area contributed by atoms with E-state index in [-0.39, 0.29) is 18.1 Å². The van der Waals surface area contributed by atoms with Crippen LogP contribution in [0.5, 0.6) is 23.0 Å². The van der Waals surface area contributed by atoms with Crippen molar-refractivity contribution in [2.75, 3.05) is 6.61 Å². The molecule has 0 radical (unpaired) electrons. The van der Waals surface area contributed by atoms with Crippen LogP contribution in [0.1, 0.15) is 5.56 Å². The number of aliphatic hydroxyl groups is 1. The van der Waals surface area contributed by atoms with Crippen molar-refractivity contribution < 1.29 is 25.2 Å². The summed E-state index contributed by atoms with van der Waals surface area (Å²) in [6.45, 7) is 0.204. The van der Waals surface area contributed by atoms with Crippen LogP contribution in [0.3, 0.4) is 0 Å². The maximum atomic E-state index is 9.40. The Bertz CT molecular complexity index is 568. The summed E-state index contributed by atoms with van der Waals surface area (Å²) < 4.78 is 5.13. The molecule has 1 aliphatic heterocycles. The molecule has 0 saturated carbocycles. The lowest BCUT2D eigenvalue weighted by molar-refractivity contribution is 0.0906. The van der Waals surface area contributed by atoms with Crippen molar-refractivity contribution in [3.63, 3.8) is 0 Å². The number of hydrogen-bond donors (Lipinski definition) is 4. The Kier molecular flexibility index (Phi) is 4.32. The number of fused-ring (bicyclic) bond motifs is 1. The predicted octanol–water partition coefficient (Wildman–Crippen LogP) is 1.79. The van der Waals surface area contributed by atoms with Crippen LogP contribution in [0.2, 0.25) is 0 Å². The predicted molar refractivity (Wildman–Crippen MR) is 73.1 cm³/mol. The Hall–Kier alpha value is -2.40. The number of para-hydroxylation sites is 1. The Morgan fingerprint density at radius 1 is 0.950 bits per heavy atom. The van der Waals surface area contributed by atoms with E-state index in [2.05, 4.69) is 0 Å². The molecule has 2 aromatic rings. The molecule has 106 valence electrons. The van der Waals surface area contributed by atoms with Crippen LogP contribution in [-0.4, -0.2) is 33.1 Å². The first-order chi connectivity index (χ1) is 9.56. The Balaban J connectivity index is 0.000000178. The van der Waals surface area contributed by atoms with Crippen molar-refractivity contribution in [2.24, 2.45) is 0 Å². The van der Waals surface area contributed by atoms with Gasteiger partial charge < -0.3 is 25.2 Å². The monoisotopic (exact) mass is 276 g/mol. The number of phenols is 3. The molecule has 0 spiro atoms. The largest absolute Gasteiger partial charge is 0.508 e. The average Bonchev–Trinajstić information content (AvgIpc) is 2.41. The Labute approximate surface area is 116 Å². The van der Waals surface area contributed by atoms with E-state index in [4.69, 9.17) is 14.9 Å². The number of aromatic hydroxyl groups is 3. The van der Waals surface area contributed by atoms with Crippen molar-refractivity contribution in [1.82, 2.24) is 0 Å². The van der Waals surface area contributed by atoms with Crippen molar-refractivity contribution >= 4 is 0 Å². The summed E-state index contributed by atoms with van der Waals surface area (Å²) in [6, 6.07) is 11.4. The van der Waals surface area contributed by atoms with E-state index < -0.39 is 6.10 Å². The van der Waals surface area contributed by atoms with E-state index in [0.29, 0.717) is 23.5 Å². The van der Waals surface area contributed by atoms with E-state index in [1.807, 2.05) is 6.07 Å². The number of ether oxygens (including phenoxy) is 1. The molecule has 0 bridgehead atoms. The number of phenolic OH excluding ortho intramolecular Hbond substituents is 3. The molecule has 1 atom stereocenters. The van der Waals surface area contributed by atoms with Crippen molar-refractivity contribution in [2.45, 2.75) is 12.5 Å². The molecule has 1 heterocycles. The third-order valence-corrected chi connectivity index (χ3v) is 2.80. The zero-order valence-electron chi connectivity index (χ0n) is 10.7. The molecule has 0 saturated heterocycles. The normalized spacial score (nSPS) is 16.4. The molecule has 3 rings (SSSR count). The molecule has 0 fully saturated rings. The molecule has 20 heavy (non-hydrogen) atoms. The molecule has 5 nitrogen and oxygen atoms in total. The van der Waals surface area contributed by atoms with Gasteiger partial charge in [-0.15, -0.1) is 0 Å². The van der Waals surface area contributed by atoms with Crippen molar-refractivity contribution in [3.05, 3.63) is 48.0 Å². The lowest BCUT2D eigenvalue weighted by Crippen LogP contribution is -2.25. The molecule has 2 aromatic carbocycles. The Morgan fingerprint density at radius 2 is 1.65 bits per heavy atom. The molecule has 1 aliphatic rings. The maximum Gasteiger partial charge on any atom is 0.130 e. The van der Waals surface area contributed by atoms with Gasteiger partial charge >= 0.3 is 0 Å². The molecule has 1 unspecified atom stereocenters. The fourth-order valence-electron chi connectivity index (χ4n) is 1.86. The van der Waals surface area contributed by atoms with Gasteiger partial charge in [0.1, 0.15) is 29.6 Å². The molecule has 0 aromatic heterocycles. The summed E-state index contributed by atoms with van der Waals surface area (Å²) >= 11 is 0.